The van der Waals surface area contributed by atoms with E-state index >= 15 is 0 Å². The number of hydrogen-bond donors (Lipinski definition) is 1. The van der Waals surface area contributed by atoms with Crippen LogP contribution in [0.15, 0.2) is 30.3 Å². The molecule has 110 valence electrons. The highest BCUT2D eigenvalue weighted by Crippen LogP contribution is 2.00. The first-order chi connectivity index (χ1) is 9.58. The predicted molar refractivity (Wildman–Crippen MR) is 75.9 cm³/mol. The van der Waals surface area contributed by atoms with E-state index in [1.165, 1.54) is 0 Å². The van der Waals surface area contributed by atoms with E-state index in [1.54, 1.807) is 0 Å². The van der Waals surface area contributed by atoms with Crippen LogP contribution in [0.5, 0.6) is 0 Å². The molecule has 0 radical (unpaired) electrons. The summed E-state index contributed by atoms with van der Waals surface area (Å²) >= 11 is 0. The van der Waals surface area contributed by atoms with Crippen molar-refractivity contribution in [1.82, 2.24) is 0 Å². The van der Waals surface area contributed by atoms with Gasteiger partial charge in [0, 0.05) is 29.4 Å². The second kappa shape index (κ2) is 9.25. The quantitative estimate of drug-likeness (QED) is 0.697. The van der Waals surface area contributed by atoms with Crippen LogP contribution in [0, 0.1) is 0 Å². The summed E-state index contributed by atoms with van der Waals surface area (Å²) in [5, 5.41) is 8.44. The summed E-state index contributed by atoms with van der Waals surface area (Å²) in [5.74, 6) is -1.39. The van der Waals surface area contributed by atoms with Crippen molar-refractivity contribution in [2.24, 2.45) is 0 Å². The van der Waals surface area contributed by atoms with Gasteiger partial charge in [-0.1, -0.05) is 30.3 Å². The van der Waals surface area contributed by atoms with Gasteiger partial charge in [0.15, 0.2) is 0 Å². The minimum absolute atomic E-state index is 0.0329. The summed E-state index contributed by atoms with van der Waals surface area (Å²) in [7, 11) is -1.35. The number of benzene rings is 1. The Morgan fingerprint density at radius 2 is 1.90 bits per heavy atom. The van der Waals surface area contributed by atoms with E-state index in [-0.39, 0.29) is 24.5 Å². The Kier molecular flexibility index (Phi) is 7.57. The third kappa shape index (κ3) is 7.68. The van der Waals surface area contributed by atoms with Gasteiger partial charge in [0.1, 0.15) is 5.75 Å². The molecule has 1 rings (SSSR count). The van der Waals surface area contributed by atoms with Crippen LogP contribution in [0.3, 0.4) is 0 Å². The predicted octanol–water partition coefficient (Wildman–Crippen LogP) is 1.39. The van der Waals surface area contributed by atoms with Crippen molar-refractivity contribution in [1.29, 1.82) is 0 Å². The second-order valence-electron chi connectivity index (χ2n) is 4.24. The lowest BCUT2D eigenvalue weighted by atomic mass is 10.2. The molecule has 1 atom stereocenters. The van der Waals surface area contributed by atoms with Gasteiger partial charge in [-0.2, -0.15) is 0 Å². The molecule has 6 heteroatoms. The average molecular weight is 298 g/mol. The lowest BCUT2D eigenvalue weighted by molar-refractivity contribution is -0.140. The van der Waals surface area contributed by atoms with Crippen LogP contribution in [-0.2, 0) is 31.5 Å². The maximum atomic E-state index is 11.5. The summed E-state index contributed by atoms with van der Waals surface area (Å²) < 4.78 is 16.5. The molecular weight excluding hydrogens is 280 g/mol. The molecule has 0 saturated carbocycles. The van der Waals surface area contributed by atoms with Crippen LogP contribution in [0.2, 0.25) is 0 Å². The van der Waals surface area contributed by atoms with Gasteiger partial charge >= 0.3 is 11.9 Å². The van der Waals surface area contributed by atoms with Crippen molar-refractivity contribution in [2.75, 3.05) is 18.1 Å². The number of rotatable bonds is 9. The molecule has 1 aromatic carbocycles. The number of aliphatic carboxylic acids is 1. The Morgan fingerprint density at radius 1 is 1.20 bits per heavy atom. The second-order valence-corrected chi connectivity index (χ2v) is 5.82. The minimum atomic E-state index is -1.35. The molecule has 5 nitrogen and oxygen atoms in total. The molecule has 0 saturated heterocycles. The molecule has 1 N–H and O–H groups in total. The van der Waals surface area contributed by atoms with Crippen LogP contribution in [-0.4, -0.2) is 39.4 Å². The third-order valence-corrected chi connectivity index (χ3v) is 3.84. The van der Waals surface area contributed by atoms with Crippen LogP contribution < -0.4 is 0 Å². The maximum absolute atomic E-state index is 11.5. The van der Waals surface area contributed by atoms with Crippen molar-refractivity contribution in [3.05, 3.63) is 35.9 Å². The molecule has 1 aromatic rings. The van der Waals surface area contributed by atoms with Gasteiger partial charge in [0.25, 0.3) is 0 Å². The molecule has 20 heavy (non-hydrogen) atoms. The fraction of sp³-hybridized carbons (Fsp3) is 0.429. The zero-order valence-electron chi connectivity index (χ0n) is 11.1. The van der Waals surface area contributed by atoms with Crippen molar-refractivity contribution < 1.29 is 23.6 Å². The molecule has 0 aliphatic rings. The van der Waals surface area contributed by atoms with Gasteiger partial charge < -0.3 is 9.84 Å². The Bertz CT molecular complexity index is 458. The van der Waals surface area contributed by atoms with Gasteiger partial charge in [0.2, 0.25) is 0 Å². The third-order valence-electron chi connectivity index (χ3n) is 2.54. The molecule has 1 unspecified atom stereocenters. The topological polar surface area (TPSA) is 80.7 Å². The fourth-order valence-corrected chi connectivity index (χ4v) is 2.51. The van der Waals surface area contributed by atoms with Gasteiger partial charge in [-0.3, -0.25) is 13.8 Å². The van der Waals surface area contributed by atoms with E-state index < -0.39 is 22.7 Å². The van der Waals surface area contributed by atoms with Crippen molar-refractivity contribution in [3.8, 4) is 0 Å². The molecule has 0 heterocycles. The summed E-state index contributed by atoms with van der Waals surface area (Å²) in [6.45, 7) is 0.259. The van der Waals surface area contributed by atoms with Crippen LogP contribution >= 0.6 is 0 Å². The summed E-state index contributed by atoms with van der Waals surface area (Å²) in [6.07, 6.45) is 0.895. The maximum Gasteiger partial charge on any atom is 0.318 e. The van der Waals surface area contributed by atoms with Crippen LogP contribution in [0.25, 0.3) is 0 Å². The average Bonchev–Trinajstić information content (AvgIpc) is 2.39. The standard InChI is InChI=1S/C14H18O5S/c15-13(16)7-4-10-20(18)11-14(17)19-9-8-12-5-2-1-3-6-12/h1-3,5-6H,4,7-11H2,(H,15,16). The molecule has 0 fully saturated rings. The van der Waals surface area contributed by atoms with Crippen LogP contribution in [0.1, 0.15) is 18.4 Å². The SMILES string of the molecule is O=C(O)CCCS(=O)CC(=O)OCCc1ccccc1. The monoisotopic (exact) mass is 298 g/mol. The largest absolute Gasteiger partial charge is 0.481 e. The number of carboxylic acids is 1. The Hall–Kier alpha value is -1.69. The Morgan fingerprint density at radius 3 is 2.55 bits per heavy atom. The van der Waals surface area contributed by atoms with E-state index in [2.05, 4.69) is 0 Å². The smallest absolute Gasteiger partial charge is 0.318 e. The molecule has 0 bridgehead atoms. The highest BCUT2D eigenvalue weighted by Gasteiger charge is 2.10. The number of ether oxygens (including phenoxy) is 1. The first-order valence-corrected chi connectivity index (χ1v) is 7.83. The molecule has 0 spiro atoms. The van der Waals surface area contributed by atoms with Gasteiger partial charge in [-0.05, 0) is 12.0 Å². The van der Waals surface area contributed by atoms with Crippen LogP contribution in [0.4, 0.5) is 0 Å². The van der Waals surface area contributed by atoms with E-state index in [4.69, 9.17) is 9.84 Å². The van der Waals surface area contributed by atoms with Gasteiger partial charge in [-0.25, -0.2) is 0 Å². The molecule has 0 aromatic heterocycles. The van der Waals surface area contributed by atoms with Crippen molar-refractivity contribution in [2.45, 2.75) is 19.3 Å². The normalized spacial score (nSPS) is 11.8. The van der Waals surface area contributed by atoms with E-state index in [9.17, 15) is 13.8 Å². The summed E-state index contributed by atoms with van der Waals surface area (Å²) in [6, 6.07) is 9.62. The Labute approximate surface area is 120 Å². The van der Waals surface area contributed by atoms with E-state index in [1.807, 2.05) is 30.3 Å². The van der Waals surface area contributed by atoms with E-state index in [0.29, 0.717) is 12.8 Å². The summed E-state index contributed by atoms with van der Waals surface area (Å²) in [4.78, 5) is 21.7. The van der Waals surface area contributed by atoms with Crippen molar-refractivity contribution >= 4 is 22.7 Å². The highest BCUT2D eigenvalue weighted by molar-refractivity contribution is 7.85. The molecule has 0 aliphatic carbocycles. The Balaban J connectivity index is 2.13. The van der Waals surface area contributed by atoms with E-state index in [0.717, 1.165) is 5.56 Å². The number of carbonyl (C=O) groups excluding carboxylic acids is 1. The molecule has 0 amide bonds. The fourth-order valence-electron chi connectivity index (χ4n) is 1.56. The number of carbonyl (C=O) groups is 2. The zero-order valence-corrected chi connectivity index (χ0v) is 11.9. The summed E-state index contributed by atoms with van der Waals surface area (Å²) in [5.41, 5.74) is 1.07. The van der Waals surface area contributed by atoms with Gasteiger partial charge in [-0.15, -0.1) is 0 Å². The minimum Gasteiger partial charge on any atom is -0.481 e. The lowest BCUT2D eigenvalue weighted by Crippen LogP contribution is -2.17. The van der Waals surface area contributed by atoms with Crippen molar-refractivity contribution in [3.63, 3.8) is 0 Å². The first kappa shape index (κ1) is 16.4. The molecule has 0 aliphatic heterocycles. The molecular formula is C14H18O5S. The zero-order chi connectivity index (χ0) is 14.8. The first-order valence-electron chi connectivity index (χ1n) is 6.34. The number of esters is 1. The number of hydrogen-bond acceptors (Lipinski definition) is 4. The highest BCUT2D eigenvalue weighted by atomic mass is 32.2. The van der Waals surface area contributed by atoms with Gasteiger partial charge in [0.05, 0.1) is 6.61 Å². The lowest BCUT2D eigenvalue weighted by Gasteiger charge is -2.05. The number of carboxylic acid groups (broad SMARTS) is 1.